The van der Waals surface area contributed by atoms with Crippen LogP contribution < -0.4 is 5.32 Å². The van der Waals surface area contributed by atoms with Crippen molar-refractivity contribution in [2.75, 3.05) is 5.32 Å². The van der Waals surface area contributed by atoms with Crippen LogP contribution in [0.1, 0.15) is 12.5 Å². The molecular formula is C15H15BrN2. The number of aryl methyl sites for hydroxylation is 1. The van der Waals surface area contributed by atoms with Gasteiger partial charge in [-0.25, -0.2) is 4.99 Å². The van der Waals surface area contributed by atoms with Crippen molar-refractivity contribution in [1.82, 2.24) is 0 Å². The molecule has 2 rings (SSSR count). The molecule has 0 aromatic heterocycles. The molecule has 0 atom stereocenters. The van der Waals surface area contributed by atoms with Crippen molar-refractivity contribution >= 4 is 33.1 Å². The first-order chi connectivity index (χ1) is 8.66. The zero-order valence-corrected chi connectivity index (χ0v) is 12.0. The maximum atomic E-state index is 4.57. The first-order valence-corrected chi connectivity index (χ1v) is 6.58. The average molecular weight is 303 g/mol. The molecular weight excluding hydrogens is 288 g/mol. The van der Waals surface area contributed by atoms with Gasteiger partial charge in [-0.3, -0.25) is 0 Å². The quantitative estimate of drug-likeness (QED) is 0.618. The SMILES string of the molecule is CC(=Nc1cccc(C)c1Br)Nc1ccccc1. The van der Waals surface area contributed by atoms with Crippen LogP contribution in [0.3, 0.4) is 0 Å². The Kier molecular flexibility index (Phi) is 4.15. The second-order valence-electron chi connectivity index (χ2n) is 4.10. The molecule has 0 saturated carbocycles. The molecule has 2 aromatic carbocycles. The summed E-state index contributed by atoms with van der Waals surface area (Å²) in [5.74, 6) is 0.868. The van der Waals surface area contributed by atoms with E-state index in [1.165, 1.54) is 5.56 Å². The Balaban J connectivity index is 2.20. The predicted molar refractivity (Wildman–Crippen MR) is 81.7 cm³/mol. The van der Waals surface area contributed by atoms with E-state index in [1.807, 2.05) is 49.4 Å². The standard InChI is InChI=1S/C15H15BrN2/c1-11-7-6-10-14(15(11)16)18-12(2)17-13-8-4-3-5-9-13/h3-10H,1-2H3,(H,17,18). The number of nitrogens with one attached hydrogen (secondary N) is 1. The van der Waals surface area contributed by atoms with Crippen LogP contribution in [-0.2, 0) is 0 Å². The monoisotopic (exact) mass is 302 g/mol. The second kappa shape index (κ2) is 5.83. The van der Waals surface area contributed by atoms with Crippen molar-refractivity contribution in [3.05, 3.63) is 58.6 Å². The summed E-state index contributed by atoms with van der Waals surface area (Å²) in [4.78, 5) is 4.57. The Morgan fingerprint density at radius 2 is 1.78 bits per heavy atom. The Bertz CT molecular complexity index is 562. The Morgan fingerprint density at radius 1 is 1.06 bits per heavy atom. The lowest BCUT2D eigenvalue weighted by atomic mass is 10.2. The van der Waals surface area contributed by atoms with Crippen LogP contribution in [0.4, 0.5) is 11.4 Å². The van der Waals surface area contributed by atoms with Gasteiger partial charge in [0.2, 0.25) is 0 Å². The van der Waals surface area contributed by atoms with Crippen molar-refractivity contribution in [2.24, 2.45) is 4.99 Å². The van der Waals surface area contributed by atoms with Crippen LogP contribution in [0, 0.1) is 6.92 Å². The van der Waals surface area contributed by atoms with Gasteiger partial charge >= 0.3 is 0 Å². The maximum Gasteiger partial charge on any atom is 0.103 e. The lowest BCUT2D eigenvalue weighted by Gasteiger charge is -2.07. The number of para-hydroxylation sites is 1. The molecule has 0 fully saturated rings. The van der Waals surface area contributed by atoms with Gasteiger partial charge in [-0.15, -0.1) is 0 Å². The van der Waals surface area contributed by atoms with Gasteiger partial charge in [0.25, 0.3) is 0 Å². The van der Waals surface area contributed by atoms with E-state index < -0.39 is 0 Å². The number of anilines is 1. The molecule has 0 radical (unpaired) electrons. The largest absolute Gasteiger partial charge is 0.344 e. The maximum absolute atomic E-state index is 4.57. The summed E-state index contributed by atoms with van der Waals surface area (Å²) in [5, 5.41) is 3.27. The highest BCUT2D eigenvalue weighted by atomic mass is 79.9. The molecule has 0 saturated heterocycles. The van der Waals surface area contributed by atoms with Gasteiger partial charge in [-0.2, -0.15) is 0 Å². The number of halogens is 1. The van der Waals surface area contributed by atoms with Crippen LogP contribution in [0.15, 0.2) is 58.0 Å². The summed E-state index contributed by atoms with van der Waals surface area (Å²) in [5.41, 5.74) is 3.17. The number of nitrogens with zero attached hydrogens (tertiary/aromatic N) is 1. The molecule has 0 amide bonds. The third kappa shape index (κ3) is 3.20. The van der Waals surface area contributed by atoms with Gasteiger partial charge in [-0.1, -0.05) is 30.3 Å². The van der Waals surface area contributed by atoms with E-state index in [0.717, 1.165) is 21.7 Å². The first-order valence-electron chi connectivity index (χ1n) is 5.79. The third-order valence-corrected chi connectivity index (χ3v) is 3.59. The van der Waals surface area contributed by atoms with E-state index in [0.29, 0.717) is 0 Å². The van der Waals surface area contributed by atoms with E-state index in [4.69, 9.17) is 0 Å². The molecule has 2 nitrogen and oxygen atoms in total. The first kappa shape index (κ1) is 12.8. The van der Waals surface area contributed by atoms with E-state index in [9.17, 15) is 0 Å². The summed E-state index contributed by atoms with van der Waals surface area (Å²) in [7, 11) is 0. The highest BCUT2D eigenvalue weighted by Crippen LogP contribution is 2.28. The minimum atomic E-state index is 0.868. The molecule has 0 aliphatic carbocycles. The lowest BCUT2D eigenvalue weighted by molar-refractivity contribution is 1.37. The number of amidine groups is 1. The summed E-state index contributed by atoms with van der Waals surface area (Å²) in [6, 6.07) is 16.1. The zero-order valence-electron chi connectivity index (χ0n) is 10.4. The summed E-state index contributed by atoms with van der Waals surface area (Å²) in [6.45, 7) is 4.02. The van der Waals surface area contributed by atoms with Gasteiger partial charge in [0.05, 0.1) is 5.69 Å². The molecule has 0 aliphatic rings. The molecule has 2 aromatic rings. The molecule has 18 heavy (non-hydrogen) atoms. The van der Waals surface area contributed by atoms with Crippen LogP contribution in [0.5, 0.6) is 0 Å². The average Bonchev–Trinajstić information content (AvgIpc) is 2.36. The fourth-order valence-corrected chi connectivity index (χ4v) is 2.01. The van der Waals surface area contributed by atoms with Crippen LogP contribution in [-0.4, -0.2) is 5.84 Å². The van der Waals surface area contributed by atoms with Crippen molar-refractivity contribution in [1.29, 1.82) is 0 Å². The fourth-order valence-electron chi connectivity index (χ4n) is 1.66. The molecule has 0 spiro atoms. The normalized spacial score (nSPS) is 11.4. The predicted octanol–water partition coefficient (Wildman–Crippen LogP) is 4.92. The molecule has 0 bridgehead atoms. The topological polar surface area (TPSA) is 24.4 Å². The van der Waals surface area contributed by atoms with Crippen LogP contribution >= 0.6 is 15.9 Å². The lowest BCUT2D eigenvalue weighted by Crippen LogP contribution is -2.06. The molecule has 0 aliphatic heterocycles. The van der Waals surface area contributed by atoms with E-state index in [1.54, 1.807) is 0 Å². The van der Waals surface area contributed by atoms with Crippen LogP contribution in [0.2, 0.25) is 0 Å². The van der Waals surface area contributed by atoms with Crippen LogP contribution in [0.25, 0.3) is 0 Å². The highest BCUT2D eigenvalue weighted by Gasteiger charge is 2.01. The van der Waals surface area contributed by atoms with Gasteiger partial charge in [0.15, 0.2) is 0 Å². The molecule has 92 valence electrons. The smallest absolute Gasteiger partial charge is 0.103 e. The van der Waals surface area contributed by atoms with Crippen molar-refractivity contribution in [2.45, 2.75) is 13.8 Å². The van der Waals surface area contributed by atoms with E-state index in [2.05, 4.69) is 39.2 Å². The number of rotatable bonds is 2. The third-order valence-electron chi connectivity index (χ3n) is 2.56. The summed E-state index contributed by atoms with van der Waals surface area (Å²) >= 11 is 3.56. The number of benzene rings is 2. The Hall–Kier alpha value is -1.61. The molecule has 0 heterocycles. The fraction of sp³-hybridized carbons (Fsp3) is 0.133. The highest BCUT2D eigenvalue weighted by molar-refractivity contribution is 9.10. The van der Waals surface area contributed by atoms with Crippen molar-refractivity contribution in [3.63, 3.8) is 0 Å². The molecule has 1 N–H and O–H groups in total. The number of aliphatic imine (C=N–C) groups is 1. The number of hydrogen-bond donors (Lipinski definition) is 1. The number of hydrogen-bond acceptors (Lipinski definition) is 1. The summed E-state index contributed by atoms with van der Waals surface area (Å²) < 4.78 is 1.04. The zero-order chi connectivity index (χ0) is 13.0. The Labute approximate surface area is 116 Å². The second-order valence-corrected chi connectivity index (χ2v) is 4.89. The molecule has 0 unspecified atom stereocenters. The minimum Gasteiger partial charge on any atom is -0.344 e. The van der Waals surface area contributed by atoms with Crippen molar-refractivity contribution in [3.8, 4) is 0 Å². The van der Waals surface area contributed by atoms with Gasteiger partial charge < -0.3 is 5.32 Å². The van der Waals surface area contributed by atoms with Gasteiger partial charge in [-0.05, 0) is 53.5 Å². The van der Waals surface area contributed by atoms with E-state index in [-0.39, 0.29) is 0 Å². The van der Waals surface area contributed by atoms with E-state index >= 15 is 0 Å². The molecule has 3 heteroatoms. The Morgan fingerprint density at radius 3 is 2.50 bits per heavy atom. The van der Waals surface area contributed by atoms with Crippen molar-refractivity contribution < 1.29 is 0 Å². The van der Waals surface area contributed by atoms with Gasteiger partial charge in [0.1, 0.15) is 5.84 Å². The minimum absolute atomic E-state index is 0.868. The summed E-state index contributed by atoms with van der Waals surface area (Å²) in [6.07, 6.45) is 0. The van der Waals surface area contributed by atoms with Gasteiger partial charge in [0, 0.05) is 10.2 Å².